The zero-order chi connectivity index (χ0) is 33.2. The Hall–Kier alpha value is -1.06. The summed E-state index contributed by atoms with van der Waals surface area (Å²) in [7, 11) is 1.61. The van der Waals surface area contributed by atoms with E-state index in [1.165, 1.54) is 70.6 Å². The van der Waals surface area contributed by atoms with Crippen molar-refractivity contribution in [2.45, 2.75) is 173 Å². The molecule has 4 heteroatoms. The Kier molecular flexibility index (Phi) is 21.1. The minimum atomic E-state index is -0.0790. The van der Waals surface area contributed by atoms with E-state index in [2.05, 4.69) is 88.4 Å². The van der Waals surface area contributed by atoms with Crippen LogP contribution in [0.1, 0.15) is 173 Å². The zero-order valence-corrected chi connectivity index (χ0v) is 31.5. The molecule has 256 valence electrons. The van der Waals surface area contributed by atoms with Gasteiger partial charge < -0.3 is 10.2 Å². The summed E-state index contributed by atoms with van der Waals surface area (Å²) in [5, 5.41) is 2.55. The van der Waals surface area contributed by atoms with Crippen LogP contribution in [0.25, 0.3) is 0 Å². The molecule has 7 atom stereocenters. The van der Waals surface area contributed by atoms with Crippen LogP contribution in [-0.4, -0.2) is 36.9 Å². The van der Waals surface area contributed by atoms with Crippen LogP contribution in [0, 0.1) is 46.3 Å². The third-order valence-corrected chi connectivity index (χ3v) is 12.0. The third-order valence-electron chi connectivity index (χ3n) is 12.0. The van der Waals surface area contributed by atoms with E-state index in [4.69, 9.17) is 0 Å². The number of ketones is 1. The first-order chi connectivity index (χ1) is 20.2. The number of urea groups is 1. The maximum absolute atomic E-state index is 11.1. The Bertz CT molecular complexity index is 750. The lowest BCUT2D eigenvalue weighted by Gasteiger charge is -2.53. The topological polar surface area (TPSA) is 49.4 Å². The van der Waals surface area contributed by atoms with E-state index < -0.39 is 0 Å². The highest BCUT2D eigenvalue weighted by Crippen LogP contribution is 2.54. The van der Waals surface area contributed by atoms with Crippen molar-refractivity contribution in [1.82, 2.24) is 10.2 Å². The highest BCUT2D eigenvalue weighted by atomic mass is 16.2. The number of hydrogen-bond donors (Lipinski definition) is 1. The first-order valence-corrected chi connectivity index (χ1v) is 18.7. The van der Waals surface area contributed by atoms with Crippen LogP contribution >= 0.6 is 0 Å². The first-order valence-electron chi connectivity index (χ1n) is 18.7. The number of Topliss-reactive ketones (excluding diaryl/α,β-unsaturated/α-hetero) is 1. The second-order valence-electron chi connectivity index (χ2n) is 15.4. The van der Waals surface area contributed by atoms with Crippen molar-refractivity contribution in [2.24, 2.45) is 46.3 Å². The summed E-state index contributed by atoms with van der Waals surface area (Å²) in [6.45, 7) is 30.6. The summed E-state index contributed by atoms with van der Waals surface area (Å²) in [5.41, 5.74) is 1.04. The molecule has 1 saturated carbocycles. The zero-order valence-electron chi connectivity index (χ0n) is 31.5. The number of rotatable bonds is 12. The molecule has 1 heterocycles. The quantitative estimate of drug-likeness (QED) is 0.225. The number of carbonyl (C=O) groups excluding carboxylic acids is 2. The SMILES string of the molecule is CCC.CCCCCC(C)(C)C(CC)CCC1C(C)CCC(C)(C(C)C(C)CC)C1C.CNC(=O)N1CCCC(=O)CC1. The molecule has 2 rings (SSSR count). The van der Waals surface area contributed by atoms with E-state index >= 15 is 0 Å². The first kappa shape index (κ1) is 41.9. The third kappa shape index (κ3) is 13.9. The van der Waals surface area contributed by atoms with Gasteiger partial charge in [0.1, 0.15) is 5.78 Å². The number of likely N-dealkylation sites (tertiary alicyclic amines) is 1. The normalized spacial score (nSPS) is 26.6. The van der Waals surface area contributed by atoms with Crippen molar-refractivity contribution in [3.05, 3.63) is 0 Å². The van der Waals surface area contributed by atoms with Gasteiger partial charge in [-0.05, 0) is 84.9 Å². The molecule has 2 amide bonds. The largest absolute Gasteiger partial charge is 0.341 e. The maximum Gasteiger partial charge on any atom is 0.317 e. The molecule has 0 spiro atoms. The van der Waals surface area contributed by atoms with Crippen LogP contribution in [0.15, 0.2) is 0 Å². The van der Waals surface area contributed by atoms with Gasteiger partial charge in [-0.1, -0.05) is 122 Å². The highest BCUT2D eigenvalue weighted by Gasteiger charge is 2.46. The molecule has 0 bridgehead atoms. The van der Waals surface area contributed by atoms with Crippen LogP contribution < -0.4 is 5.32 Å². The van der Waals surface area contributed by atoms with Crippen LogP contribution in [0.4, 0.5) is 4.79 Å². The summed E-state index contributed by atoms with van der Waals surface area (Å²) in [5.74, 6) is 5.54. The summed E-state index contributed by atoms with van der Waals surface area (Å²) in [4.78, 5) is 23.8. The van der Waals surface area contributed by atoms with E-state index in [1.54, 1.807) is 11.9 Å². The van der Waals surface area contributed by atoms with Gasteiger partial charge in [0.2, 0.25) is 0 Å². The number of unbranched alkanes of at least 4 members (excludes halogenated alkanes) is 2. The summed E-state index contributed by atoms with van der Waals surface area (Å²) < 4.78 is 0. The molecule has 0 aromatic rings. The van der Waals surface area contributed by atoms with Gasteiger partial charge in [-0.2, -0.15) is 0 Å². The van der Waals surface area contributed by atoms with Gasteiger partial charge in [-0.15, -0.1) is 0 Å². The minimum Gasteiger partial charge on any atom is -0.341 e. The number of nitrogens with zero attached hydrogens (tertiary/aromatic N) is 1. The lowest BCUT2D eigenvalue weighted by molar-refractivity contribution is -0.118. The fourth-order valence-corrected chi connectivity index (χ4v) is 8.04. The molecule has 1 aliphatic carbocycles. The molecule has 0 aromatic heterocycles. The van der Waals surface area contributed by atoms with Gasteiger partial charge in [0, 0.05) is 33.0 Å². The van der Waals surface area contributed by atoms with Gasteiger partial charge in [0.15, 0.2) is 0 Å². The van der Waals surface area contributed by atoms with Gasteiger partial charge in [-0.3, -0.25) is 4.79 Å². The Labute approximate surface area is 270 Å². The average molecular weight is 607 g/mol. The van der Waals surface area contributed by atoms with E-state index in [-0.39, 0.29) is 11.8 Å². The van der Waals surface area contributed by atoms with Crippen molar-refractivity contribution in [3.8, 4) is 0 Å². The summed E-state index contributed by atoms with van der Waals surface area (Å²) >= 11 is 0. The lowest BCUT2D eigenvalue weighted by Crippen LogP contribution is -2.45. The molecular weight excluding hydrogens is 528 g/mol. The number of carbonyl (C=O) groups is 2. The van der Waals surface area contributed by atoms with Gasteiger partial charge >= 0.3 is 6.03 Å². The molecule has 2 fully saturated rings. The van der Waals surface area contributed by atoms with Crippen LogP contribution in [0.5, 0.6) is 0 Å². The Morgan fingerprint density at radius 2 is 1.65 bits per heavy atom. The minimum absolute atomic E-state index is 0.0790. The Balaban J connectivity index is 0.000000968. The molecule has 0 aromatic carbocycles. The Morgan fingerprint density at radius 1 is 1.02 bits per heavy atom. The fourth-order valence-electron chi connectivity index (χ4n) is 8.04. The predicted octanol–water partition coefficient (Wildman–Crippen LogP) is 11.6. The monoisotopic (exact) mass is 607 g/mol. The molecule has 2 aliphatic rings. The summed E-state index contributed by atoms with van der Waals surface area (Å²) in [6.07, 6.45) is 17.2. The second-order valence-corrected chi connectivity index (χ2v) is 15.4. The van der Waals surface area contributed by atoms with Gasteiger partial charge in [-0.25, -0.2) is 4.79 Å². The molecular formula is C39H78N2O2. The van der Waals surface area contributed by atoms with Crippen molar-refractivity contribution < 1.29 is 9.59 Å². The second kappa shape index (κ2) is 21.6. The molecule has 1 saturated heterocycles. The van der Waals surface area contributed by atoms with Crippen LogP contribution in [-0.2, 0) is 4.79 Å². The Morgan fingerprint density at radius 3 is 2.19 bits per heavy atom. The molecule has 7 unspecified atom stereocenters. The number of hydrogen-bond acceptors (Lipinski definition) is 2. The molecule has 4 nitrogen and oxygen atoms in total. The lowest BCUT2D eigenvalue weighted by atomic mass is 9.52. The van der Waals surface area contributed by atoms with Crippen molar-refractivity contribution in [2.75, 3.05) is 20.1 Å². The van der Waals surface area contributed by atoms with Crippen molar-refractivity contribution >= 4 is 11.8 Å². The summed E-state index contributed by atoms with van der Waals surface area (Å²) in [6, 6.07) is -0.0790. The van der Waals surface area contributed by atoms with E-state index in [0.717, 1.165) is 41.9 Å². The fraction of sp³-hybridized carbons (Fsp3) is 0.949. The average Bonchev–Trinajstić information content (AvgIpc) is 3.20. The van der Waals surface area contributed by atoms with Gasteiger partial charge in [0.25, 0.3) is 0 Å². The predicted molar refractivity (Wildman–Crippen MR) is 190 cm³/mol. The standard InChI is InChI=1S/C28H56.C8H14N2O2.C3H8/c1-11-14-15-19-27(8,9)25(13-3)16-17-26-22(5)18-20-28(10,24(26)7)23(6)21(4)12-2;1-9-8(12)10-5-2-3-7(11)4-6-10;1-3-2/h21-26H,11-20H2,1-10H3;2-6H2,1H3,(H,9,12);3H2,1-2H3. The van der Waals surface area contributed by atoms with Crippen molar-refractivity contribution in [3.63, 3.8) is 0 Å². The molecule has 43 heavy (non-hydrogen) atoms. The number of nitrogens with one attached hydrogen (secondary N) is 1. The van der Waals surface area contributed by atoms with Crippen LogP contribution in [0.3, 0.4) is 0 Å². The van der Waals surface area contributed by atoms with Crippen LogP contribution in [0.2, 0.25) is 0 Å². The molecule has 1 aliphatic heterocycles. The van der Waals surface area contributed by atoms with E-state index in [9.17, 15) is 9.59 Å². The molecule has 0 radical (unpaired) electrons. The maximum atomic E-state index is 11.1. The van der Waals surface area contributed by atoms with Gasteiger partial charge in [0.05, 0.1) is 0 Å². The smallest absolute Gasteiger partial charge is 0.317 e. The van der Waals surface area contributed by atoms with E-state index in [1.807, 2.05) is 0 Å². The van der Waals surface area contributed by atoms with Crippen molar-refractivity contribution in [1.29, 1.82) is 0 Å². The highest BCUT2D eigenvalue weighted by molar-refractivity contribution is 5.80. The van der Waals surface area contributed by atoms with E-state index in [0.29, 0.717) is 36.8 Å². The number of amides is 2. The molecule has 1 N–H and O–H groups in total.